The van der Waals surface area contributed by atoms with Gasteiger partial charge in [0.05, 0.1) is 6.61 Å². The van der Waals surface area contributed by atoms with Gasteiger partial charge in [-0.1, -0.05) is 12.2 Å². The van der Waals surface area contributed by atoms with Gasteiger partial charge in [0, 0.05) is 26.7 Å². The van der Waals surface area contributed by atoms with E-state index in [2.05, 4.69) is 22.8 Å². The topological polar surface area (TPSA) is 33.3 Å². The summed E-state index contributed by atoms with van der Waals surface area (Å²) in [6, 6.07) is 0. The van der Waals surface area contributed by atoms with Crippen LogP contribution in [0.25, 0.3) is 0 Å². The standard InChI is InChI=1S/C11H22N2O/c1-14-9-8-12-6-7-13-10-11-4-2-3-5-11/h2-3,11-13H,4-10H2,1H3. The van der Waals surface area contributed by atoms with Crippen LogP contribution in [0.4, 0.5) is 0 Å². The second-order valence-electron chi connectivity index (χ2n) is 3.76. The van der Waals surface area contributed by atoms with E-state index in [-0.39, 0.29) is 0 Å². The Kier molecular flexibility index (Phi) is 6.66. The summed E-state index contributed by atoms with van der Waals surface area (Å²) in [5, 5.41) is 6.77. The number of rotatable bonds is 8. The van der Waals surface area contributed by atoms with Crippen molar-refractivity contribution in [3.8, 4) is 0 Å². The van der Waals surface area contributed by atoms with Gasteiger partial charge in [0.25, 0.3) is 0 Å². The predicted octanol–water partition coefficient (Wildman–Crippen LogP) is 0.778. The first-order chi connectivity index (χ1) is 6.93. The van der Waals surface area contributed by atoms with Crippen molar-refractivity contribution in [3.63, 3.8) is 0 Å². The largest absolute Gasteiger partial charge is 0.383 e. The molecule has 1 aliphatic rings. The summed E-state index contributed by atoms with van der Waals surface area (Å²) in [6.07, 6.45) is 7.07. The number of hydrogen-bond acceptors (Lipinski definition) is 3. The molecule has 82 valence electrons. The van der Waals surface area contributed by atoms with Crippen molar-refractivity contribution in [1.29, 1.82) is 0 Å². The van der Waals surface area contributed by atoms with E-state index in [0.29, 0.717) is 0 Å². The molecule has 3 heteroatoms. The fourth-order valence-corrected chi connectivity index (χ4v) is 1.62. The highest BCUT2D eigenvalue weighted by atomic mass is 16.5. The summed E-state index contributed by atoms with van der Waals surface area (Å²) in [7, 11) is 1.73. The van der Waals surface area contributed by atoms with Gasteiger partial charge in [0.1, 0.15) is 0 Å². The van der Waals surface area contributed by atoms with Crippen LogP contribution in [0.1, 0.15) is 12.8 Å². The molecule has 0 spiro atoms. The van der Waals surface area contributed by atoms with Crippen LogP contribution in [-0.4, -0.2) is 39.9 Å². The molecule has 1 rings (SSSR count). The molecular formula is C11H22N2O. The molecule has 2 N–H and O–H groups in total. The molecule has 0 aromatic carbocycles. The predicted molar refractivity (Wildman–Crippen MR) is 59.5 cm³/mol. The van der Waals surface area contributed by atoms with Crippen molar-refractivity contribution in [2.75, 3.05) is 39.9 Å². The van der Waals surface area contributed by atoms with Gasteiger partial charge in [0.2, 0.25) is 0 Å². The molecule has 0 heterocycles. The van der Waals surface area contributed by atoms with Crippen molar-refractivity contribution in [1.82, 2.24) is 10.6 Å². The molecule has 0 aliphatic heterocycles. The molecule has 14 heavy (non-hydrogen) atoms. The molecule has 0 bridgehead atoms. The Morgan fingerprint density at radius 3 is 2.57 bits per heavy atom. The molecule has 0 saturated carbocycles. The van der Waals surface area contributed by atoms with Crippen LogP contribution >= 0.6 is 0 Å². The van der Waals surface area contributed by atoms with Gasteiger partial charge in [-0.25, -0.2) is 0 Å². The maximum Gasteiger partial charge on any atom is 0.0587 e. The lowest BCUT2D eigenvalue weighted by molar-refractivity contribution is 0.199. The Labute approximate surface area is 86.9 Å². The van der Waals surface area contributed by atoms with Crippen LogP contribution in [0, 0.1) is 5.92 Å². The zero-order valence-electron chi connectivity index (χ0n) is 9.09. The number of allylic oxidation sites excluding steroid dienone is 2. The molecule has 0 saturated heterocycles. The molecule has 0 amide bonds. The van der Waals surface area contributed by atoms with Crippen molar-refractivity contribution < 1.29 is 4.74 Å². The number of ether oxygens (including phenoxy) is 1. The first-order valence-corrected chi connectivity index (χ1v) is 5.49. The lowest BCUT2D eigenvalue weighted by atomic mass is 10.1. The van der Waals surface area contributed by atoms with Crippen molar-refractivity contribution >= 4 is 0 Å². The van der Waals surface area contributed by atoms with Crippen LogP contribution in [0.3, 0.4) is 0 Å². The van der Waals surface area contributed by atoms with Gasteiger partial charge in [-0.2, -0.15) is 0 Å². The van der Waals surface area contributed by atoms with Crippen LogP contribution in [0.5, 0.6) is 0 Å². The van der Waals surface area contributed by atoms with Crippen molar-refractivity contribution in [2.24, 2.45) is 5.92 Å². The highest BCUT2D eigenvalue weighted by molar-refractivity contribution is 4.94. The average molecular weight is 198 g/mol. The van der Waals surface area contributed by atoms with E-state index in [4.69, 9.17) is 4.74 Å². The van der Waals surface area contributed by atoms with E-state index < -0.39 is 0 Å². The van der Waals surface area contributed by atoms with Crippen molar-refractivity contribution in [2.45, 2.75) is 12.8 Å². The summed E-state index contributed by atoms with van der Waals surface area (Å²) < 4.78 is 4.94. The van der Waals surface area contributed by atoms with Gasteiger partial charge >= 0.3 is 0 Å². The Morgan fingerprint density at radius 1 is 1.14 bits per heavy atom. The Bertz CT molecular complexity index is 151. The minimum absolute atomic E-state index is 0.798. The number of methoxy groups -OCH3 is 1. The van der Waals surface area contributed by atoms with E-state index in [0.717, 1.165) is 38.7 Å². The van der Waals surface area contributed by atoms with Gasteiger partial charge in [-0.3, -0.25) is 0 Å². The quantitative estimate of drug-likeness (QED) is 0.446. The first-order valence-electron chi connectivity index (χ1n) is 5.49. The SMILES string of the molecule is COCCNCCNCC1CC=CC1. The first kappa shape index (κ1) is 11.7. The zero-order valence-corrected chi connectivity index (χ0v) is 9.09. The summed E-state index contributed by atoms with van der Waals surface area (Å²) >= 11 is 0. The molecular weight excluding hydrogens is 176 g/mol. The molecule has 3 nitrogen and oxygen atoms in total. The van der Waals surface area contributed by atoms with E-state index >= 15 is 0 Å². The van der Waals surface area contributed by atoms with Crippen LogP contribution in [0.2, 0.25) is 0 Å². The zero-order chi connectivity index (χ0) is 10.1. The summed E-state index contributed by atoms with van der Waals surface area (Å²) in [6.45, 7) is 4.98. The molecule has 0 aromatic rings. The second-order valence-corrected chi connectivity index (χ2v) is 3.76. The van der Waals surface area contributed by atoms with E-state index in [1.165, 1.54) is 12.8 Å². The highest BCUT2D eigenvalue weighted by Gasteiger charge is 2.08. The highest BCUT2D eigenvalue weighted by Crippen LogP contribution is 2.15. The normalized spacial score (nSPS) is 16.6. The monoisotopic (exact) mass is 198 g/mol. The van der Waals surface area contributed by atoms with Crippen LogP contribution in [0.15, 0.2) is 12.2 Å². The molecule has 0 unspecified atom stereocenters. The van der Waals surface area contributed by atoms with Gasteiger partial charge in [0.15, 0.2) is 0 Å². The van der Waals surface area contributed by atoms with Gasteiger partial charge in [-0.15, -0.1) is 0 Å². The van der Waals surface area contributed by atoms with Crippen LogP contribution < -0.4 is 10.6 Å². The summed E-state index contributed by atoms with van der Waals surface area (Å²) in [4.78, 5) is 0. The molecule has 0 fully saturated rings. The fourth-order valence-electron chi connectivity index (χ4n) is 1.62. The molecule has 0 aromatic heterocycles. The number of nitrogens with one attached hydrogen (secondary N) is 2. The minimum Gasteiger partial charge on any atom is -0.383 e. The van der Waals surface area contributed by atoms with E-state index in [1.807, 2.05) is 0 Å². The Balaban J connectivity index is 1.75. The lowest BCUT2D eigenvalue weighted by Crippen LogP contribution is -2.31. The molecule has 1 aliphatic carbocycles. The lowest BCUT2D eigenvalue weighted by Gasteiger charge is -2.10. The van der Waals surface area contributed by atoms with E-state index in [1.54, 1.807) is 7.11 Å². The summed E-state index contributed by atoms with van der Waals surface area (Å²) in [5.41, 5.74) is 0. The van der Waals surface area contributed by atoms with Gasteiger partial charge < -0.3 is 15.4 Å². The molecule has 0 atom stereocenters. The number of hydrogen-bond donors (Lipinski definition) is 2. The Morgan fingerprint density at radius 2 is 1.86 bits per heavy atom. The summed E-state index contributed by atoms with van der Waals surface area (Å²) in [5.74, 6) is 0.842. The second kappa shape index (κ2) is 7.97. The maximum atomic E-state index is 4.94. The molecule has 0 radical (unpaired) electrons. The third-order valence-corrected chi connectivity index (χ3v) is 2.50. The smallest absolute Gasteiger partial charge is 0.0587 e. The van der Waals surface area contributed by atoms with Crippen LogP contribution in [-0.2, 0) is 4.74 Å². The minimum atomic E-state index is 0.798. The fraction of sp³-hybridized carbons (Fsp3) is 0.818. The Hall–Kier alpha value is -0.380. The van der Waals surface area contributed by atoms with Gasteiger partial charge in [-0.05, 0) is 25.3 Å². The third kappa shape index (κ3) is 5.37. The van der Waals surface area contributed by atoms with Crippen molar-refractivity contribution in [3.05, 3.63) is 12.2 Å². The average Bonchev–Trinajstić information content (AvgIpc) is 2.69. The van der Waals surface area contributed by atoms with E-state index in [9.17, 15) is 0 Å². The third-order valence-electron chi connectivity index (χ3n) is 2.50. The maximum absolute atomic E-state index is 4.94.